The SMILES string of the molecule is CCc1ccc([C@H](CNC(=O)C[C@H](NC(N)=O)c2ccccc2Cl)N(C)C)cc1. The highest BCUT2D eigenvalue weighted by Crippen LogP contribution is 2.25. The molecule has 0 unspecified atom stereocenters. The Morgan fingerprint density at radius 1 is 1.10 bits per heavy atom. The largest absolute Gasteiger partial charge is 0.354 e. The van der Waals surface area contributed by atoms with E-state index >= 15 is 0 Å². The molecule has 3 amide bonds. The van der Waals surface area contributed by atoms with Crippen LogP contribution in [0.3, 0.4) is 0 Å². The van der Waals surface area contributed by atoms with Crippen LogP contribution in [0.15, 0.2) is 48.5 Å². The fourth-order valence-electron chi connectivity index (χ4n) is 3.21. The molecule has 2 atom stereocenters. The van der Waals surface area contributed by atoms with E-state index in [4.69, 9.17) is 17.3 Å². The molecule has 156 valence electrons. The van der Waals surface area contributed by atoms with Crippen molar-refractivity contribution >= 4 is 23.5 Å². The number of hydrogen-bond acceptors (Lipinski definition) is 3. The standard InChI is InChI=1S/C22H29ClN4O2/c1-4-15-9-11-16(12-10-15)20(27(2)3)14-25-21(28)13-19(26-22(24)29)17-7-5-6-8-18(17)23/h5-12,19-20H,4,13-14H2,1-3H3,(H,25,28)(H3,24,26,29)/t19-,20-/m0/s1. The Bertz CT molecular complexity index is 824. The zero-order valence-electron chi connectivity index (χ0n) is 17.1. The minimum atomic E-state index is -0.704. The number of carbonyl (C=O) groups excluding carboxylic acids is 2. The van der Waals surface area contributed by atoms with Gasteiger partial charge in [-0.25, -0.2) is 4.79 Å². The monoisotopic (exact) mass is 416 g/mol. The molecule has 4 N–H and O–H groups in total. The number of amides is 3. The molecule has 0 spiro atoms. The Kier molecular flexibility index (Phi) is 8.49. The summed E-state index contributed by atoms with van der Waals surface area (Å²) in [7, 11) is 3.96. The van der Waals surface area contributed by atoms with Crippen molar-refractivity contribution in [1.29, 1.82) is 0 Å². The van der Waals surface area contributed by atoms with Crippen LogP contribution in [0.4, 0.5) is 4.79 Å². The van der Waals surface area contributed by atoms with Crippen molar-refractivity contribution < 1.29 is 9.59 Å². The van der Waals surface area contributed by atoms with Crippen molar-refractivity contribution in [2.75, 3.05) is 20.6 Å². The van der Waals surface area contributed by atoms with E-state index < -0.39 is 12.1 Å². The molecule has 0 aliphatic rings. The van der Waals surface area contributed by atoms with Crippen LogP contribution in [-0.2, 0) is 11.2 Å². The van der Waals surface area contributed by atoms with E-state index in [2.05, 4.69) is 46.7 Å². The second kappa shape index (κ2) is 10.8. The average molecular weight is 417 g/mol. The highest BCUT2D eigenvalue weighted by Gasteiger charge is 2.21. The van der Waals surface area contributed by atoms with Gasteiger partial charge in [0.15, 0.2) is 0 Å². The predicted molar refractivity (Wildman–Crippen MR) is 117 cm³/mol. The summed E-state index contributed by atoms with van der Waals surface area (Å²) in [4.78, 5) is 26.1. The number of aryl methyl sites for hydroxylation is 1. The summed E-state index contributed by atoms with van der Waals surface area (Å²) in [6.45, 7) is 2.57. The number of rotatable bonds is 9. The van der Waals surface area contributed by atoms with E-state index in [9.17, 15) is 9.59 Å². The van der Waals surface area contributed by atoms with E-state index in [1.54, 1.807) is 24.3 Å². The maximum absolute atomic E-state index is 12.6. The molecular weight excluding hydrogens is 388 g/mol. The number of benzene rings is 2. The number of nitrogens with one attached hydrogen (secondary N) is 2. The number of nitrogens with two attached hydrogens (primary N) is 1. The van der Waals surface area contributed by atoms with Crippen molar-refractivity contribution in [3.63, 3.8) is 0 Å². The number of hydrogen-bond donors (Lipinski definition) is 3. The quantitative estimate of drug-likeness (QED) is 0.585. The third-order valence-electron chi connectivity index (χ3n) is 4.88. The topological polar surface area (TPSA) is 87.5 Å². The zero-order chi connectivity index (χ0) is 21.4. The van der Waals surface area contributed by atoms with E-state index in [1.807, 2.05) is 14.1 Å². The first-order chi connectivity index (χ1) is 13.8. The molecule has 2 rings (SSSR count). The second-order valence-electron chi connectivity index (χ2n) is 7.17. The van der Waals surface area contributed by atoms with Gasteiger partial charge in [0.05, 0.1) is 18.5 Å². The molecule has 0 aliphatic carbocycles. The Hall–Kier alpha value is -2.57. The summed E-state index contributed by atoms with van der Waals surface area (Å²) in [5.41, 5.74) is 8.35. The molecule has 0 aromatic heterocycles. The maximum atomic E-state index is 12.6. The van der Waals surface area contributed by atoms with Gasteiger partial charge in [0.25, 0.3) is 0 Å². The van der Waals surface area contributed by atoms with Crippen molar-refractivity contribution in [1.82, 2.24) is 15.5 Å². The van der Waals surface area contributed by atoms with Gasteiger partial charge in [0.2, 0.25) is 5.91 Å². The summed E-state index contributed by atoms with van der Waals surface area (Å²) in [6, 6.07) is 14.2. The van der Waals surface area contributed by atoms with Crippen LogP contribution in [0.2, 0.25) is 5.02 Å². The van der Waals surface area contributed by atoms with Gasteiger partial charge in [0.1, 0.15) is 0 Å². The van der Waals surface area contributed by atoms with Gasteiger partial charge in [-0.3, -0.25) is 4.79 Å². The predicted octanol–water partition coefficient (Wildman–Crippen LogP) is 3.42. The number of carbonyl (C=O) groups is 2. The zero-order valence-corrected chi connectivity index (χ0v) is 17.9. The van der Waals surface area contributed by atoms with Crippen molar-refractivity contribution in [3.05, 3.63) is 70.2 Å². The lowest BCUT2D eigenvalue weighted by Gasteiger charge is -2.26. The van der Waals surface area contributed by atoms with Crippen LogP contribution < -0.4 is 16.4 Å². The van der Waals surface area contributed by atoms with Crippen LogP contribution >= 0.6 is 11.6 Å². The van der Waals surface area contributed by atoms with Crippen LogP contribution in [-0.4, -0.2) is 37.5 Å². The first-order valence-electron chi connectivity index (χ1n) is 9.64. The second-order valence-corrected chi connectivity index (χ2v) is 7.57. The fraction of sp³-hybridized carbons (Fsp3) is 0.364. The summed E-state index contributed by atoms with van der Waals surface area (Å²) >= 11 is 6.23. The van der Waals surface area contributed by atoms with Crippen LogP contribution in [0.25, 0.3) is 0 Å². The highest BCUT2D eigenvalue weighted by molar-refractivity contribution is 6.31. The Labute approximate surface area is 177 Å². The number of urea groups is 1. The first kappa shape index (κ1) is 22.7. The maximum Gasteiger partial charge on any atom is 0.312 e. The minimum absolute atomic E-state index is 0.0349. The summed E-state index contributed by atoms with van der Waals surface area (Å²) in [6.07, 6.45) is 1.03. The Morgan fingerprint density at radius 3 is 2.31 bits per heavy atom. The van der Waals surface area contributed by atoms with E-state index in [0.717, 1.165) is 12.0 Å². The highest BCUT2D eigenvalue weighted by atomic mass is 35.5. The van der Waals surface area contributed by atoms with Crippen molar-refractivity contribution in [3.8, 4) is 0 Å². The molecular formula is C22H29ClN4O2. The molecule has 0 radical (unpaired) electrons. The van der Waals surface area contributed by atoms with Crippen LogP contribution in [0.5, 0.6) is 0 Å². The summed E-state index contributed by atoms with van der Waals surface area (Å²) in [5.74, 6) is -0.194. The van der Waals surface area contributed by atoms with Crippen LogP contribution in [0, 0.1) is 0 Å². The van der Waals surface area contributed by atoms with Gasteiger partial charge in [-0.05, 0) is 43.3 Å². The molecule has 29 heavy (non-hydrogen) atoms. The number of primary amides is 1. The van der Waals surface area contributed by atoms with E-state index in [-0.39, 0.29) is 18.4 Å². The van der Waals surface area contributed by atoms with Crippen LogP contribution in [0.1, 0.15) is 42.1 Å². The lowest BCUT2D eigenvalue weighted by atomic mass is 10.0. The molecule has 7 heteroatoms. The molecule has 0 aliphatic heterocycles. The molecule has 2 aromatic carbocycles. The van der Waals surface area contributed by atoms with Gasteiger partial charge >= 0.3 is 6.03 Å². The molecule has 0 bridgehead atoms. The minimum Gasteiger partial charge on any atom is -0.354 e. The van der Waals surface area contributed by atoms with Gasteiger partial charge in [-0.2, -0.15) is 0 Å². The Morgan fingerprint density at radius 2 is 1.76 bits per heavy atom. The van der Waals surface area contributed by atoms with Gasteiger partial charge in [0, 0.05) is 11.6 Å². The normalized spacial score (nSPS) is 13.0. The molecule has 6 nitrogen and oxygen atoms in total. The van der Waals surface area contributed by atoms with Crippen molar-refractivity contribution in [2.45, 2.75) is 31.8 Å². The molecule has 0 heterocycles. The third-order valence-corrected chi connectivity index (χ3v) is 5.22. The lowest BCUT2D eigenvalue weighted by Crippen LogP contribution is -2.39. The molecule has 0 fully saturated rings. The van der Waals surface area contributed by atoms with Gasteiger partial charge in [-0.15, -0.1) is 0 Å². The first-order valence-corrected chi connectivity index (χ1v) is 10.0. The lowest BCUT2D eigenvalue weighted by molar-refractivity contribution is -0.121. The van der Waals surface area contributed by atoms with Crippen molar-refractivity contribution in [2.24, 2.45) is 5.73 Å². The third kappa shape index (κ3) is 6.76. The number of nitrogens with zero attached hydrogens (tertiary/aromatic N) is 1. The van der Waals surface area contributed by atoms with E-state index in [1.165, 1.54) is 5.56 Å². The van der Waals surface area contributed by atoms with E-state index in [0.29, 0.717) is 17.1 Å². The average Bonchev–Trinajstić information content (AvgIpc) is 2.68. The van der Waals surface area contributed by atoms with Gasteiger partial charge < -0.3 is 21.3 Å². The molecule has 0 saturated heterocycles. The summed E-state index contributed by atoms with van der Waals surface area (Å²) in [5, 5.41) is 6.05. The fourth-order valence-corrected chi connectivity index (χ4v) is 3.48. The molecule has 0 saturated carbocycles. The summed E-state index contributed by atoms with van der Waals surface area (Å²) < 4.78 is 0. The van der Waals surface area contributed by atoms with Gasteiger partial charge in [-0.1, -0.05) is 61.0 Å². The molecule has 2 aromatic rings. The smallest absolute Gasteiger partial charge is 0.312 e. The number of likely N-dealkylation sites (N-methyl/N-ethyl adjacent to an activating group) is 1. The Balaban J connectivity index is 2.05. The number of halogens is 1.